The summed E-state index contributed by atoms with van der Waals surface area (Å²) < 4.78 is 24.5. The Balaban J connectivity index is 1.71. The van der Waals surface area contributed by atoms with Crippen molar-refractivity contribution >= 4 is 10.0 Å². The quantitative estimate of drug-likeness (QED) is 0.793. The predicted molar refractivity (Wildman–Crippen MR) is 77.7 cm³/mol. The number of rotatable bonds is 5. The van der Waals surface area contributed by atoms with Crippen LogP contribution in [0.25, 0.3) is 0 Å². The van der Waals surface area contributed by atoms with Crippen LogP contribution in [-0.4, -0.2) is 69.7 Å². The van der Waals surface area contributed by atoms with Crippen molar-refractivity contribution in [2.24, 2.45) is 5.92 Å². The van der Waals surface area contributed by atoms with Crippen LogP contribution in [0.1, 0.15) is 25.7 Å². The number of nitrogens with zero attached hydrogens (tertiary/aromatic N) is 2. The van der Waals surface area contributed by atoms with Gasteiger partial charge < -0.3 is 10.2 Å². The summed E-state index contributed by atoms with van der Waals surface area (Å²) in [7, 11) is -0.933. The van der Waals surface area contributed by atoms with Crippen LogP contribution in [-0.2, 0) is 10.0 Å². The van der Waals surface area contributed by atoms with Crippen LogP contribution >= 0.6 is 0 Å². The van der Waals surface area contributed by atoms with Gasteiger partial charge in [0.1, 0.15) is 0 Å². The molecular formula is C13H27N3O2S. The molecule has 1 heterocycles. The molecule has 5 nitrogen and oxygen atoms in total. The molecule has 2 unspecified atom stereocenters. The van der Waals surface area contributed by atoms with Gasteiger partial charge in [0.2, 0.25) is 10.0 Å². The second-order valence-electron chi connectivity index (χ2n) is 5.88. The van der Waals surface area contributed by atoms with E-state index in [1.54, 1.807) is 4.31 Å². The molecule has 1 aliphatic heterocycles. The maximum atomic E-state index is 11.4. The van der Waals surface area contributed by atoms with Gasteiger partial charge in [0.05, 0.1) is 6.26 Å². The lowest BCUT2D eigenvalue weighted by Gasteiger charge is -2.34. The Kier molecular flexibility index (Phi) is 5.22. The minimum atomic E-state index is -3.00. The summed E-state index contributed by atoms with van der Waals surface area (Å²) in [4.78, 5) is 2.41. The SMILES string of the molecule is CNC1CCCC1CCN1CCN(S(C)(=O)=O)CC1. The number of piperazine rings is 1. The molecule has 0 bridgehead atoms. The van der Waals surface area contributed by atoms with Gasteiger partial charge in [-0.1, -0.05) is 6.42 Å². The molecule has 0 aromatic carbocycles. The zero-order valence-corrected chi connectivity index (χ0v) is 13.0. The third-order valence-corrected chi connectivity index (χ3v) is 5.95. The van der Waals surface area contributed by atoms with Crippen molar-refractivity contribution in [2.45, 2.75) is 31.7 Å². The van der Waals surface area contributed by atoms with Crippen LogP contribution in [0.3, 0.4) is 0 Å². The molecule has 0 spiro atoms. The van der Waals surface area contributed by atoms with Crippen molar-refractivity contribution < 1.29 is 8.42 Å². The third-order valence-electron chi connectivity index (χ3n) is 4.65. The fourth-order valence-corrected chi connectivity index (χ4v) is 4.22. The highest BCUT2D eigenvalue weighted by atomic mass is 32.2. The summed E-state index contributed by atoms with van der Waals surface area (Å²) in [6, 6.07) is 0.692. The maximum Gasteiger partial charge on any atom is 0.211 e. The number of hydrogen-bond acceptors (Lipinski definition) is 4. The van der Waals surface area contributed by atoms with Gasteiger partial charge in [0.25, 0.3) is 0 Å². The molecule has 19 heavy (non-hydrogen) atoms. The second kappa shape index (κ2) is 6.52. The Labute approximate surface area is 117 Å². The van der Waals surface area contributed by atoms with Crippen LogP contribution in [0.15, 0.2) is 0 Å². The topological polar surface area (TPSA) is 52.6 Å². The van der Waals surface area contributed by atoms with Gasteiger partial charge in [-0.15, -0.1) is 0 Å². The molecule has 0 amide bonds. The van der Waals surface area contributed by atoms with Crippen LogP contribution < -0.4 is 5.32 Å². The van der Waals surface area contributed by atoms with Crippen molar-refractivity contribution in [1.82, 2.24) is 14.5 Å². The van der Waals surface area contributed by atoms with Crippen molar-refractivity contribution in [2.75, 3.05) is 46.0 Å². The van der Waals surface area contributed by atoms with E-state index in [4.69, 9.17) is 0 Å². The molecule has 2 aliphatic rings. The Morgan fingerprint density at radius 2 is 1.84 bits per heavy atom. The first kappa shape index (κ1) is 15.2. The summed E-state index contributed by atoms with van der Waals surface area (Å²) >= 11 is 0. The number of sulfonamides is 1. The first-order chi connectivity index (χ1) is 9.00. The van der Waals surface area contributed by atoms with Crippen LogP contribution in [0.2, 0.25) is 0 Å². The molecule has 6 heteroatoms. The van der Waals surface area contributed by atoms with E-state index in [0.717, 1.165) is 25.6 Å². The van der Waals surface area contributed by atoms with Crippen molar-refractivity contribution in [3.05, 3.63) is 0 Å². The van der Waals surface area contributed by atoms with Gasteiger partial charge in [-0.2, -0.15) is 4.31 Å². The van der Waals surface area contributed by atoms with E-state index >= 15 is 0 Å². The highest BCUT2D eigenvalue weighted by Gasteiger charge is 2.27. The van der Waals surface area contributed by atoms with E-state index in [-0.39, 0.29) is 0 Å². The predicted octanol–water partition coefficient (Wildman–Crippen LogP) is 0.342. The summed E-state index contributed by atoms with van der Waals surface area (Å²) in [5.74, 6) is 0.804. The monoisotopic (exact) mass is 289 g/mol. The van der Waals surface area contributed by atoms with Gasteiger partial charge in [-0.3, -0.25) is 0 Å². The number of hydrogen-bond donors (Lipinski definition) is 1. The molecular weight excluding hydrogens is 262 g/mol. The maximum absolute atomic E-state index is 11.4. The first-order valence-corrected chi connectivity index (χ1v) is 9.20. The Morgan fingerprint density at radius 3 is 2.42 bits per heavy atom. The lowest BCUT2D eigenvalue weighted by Crippen LogP contribution is -2.48. The summed E-state index contributed by atoms with van der Waals surface area (Å²) in [5, 5.41) is 3.42. The molecule has 1 saturated heterocycles. The van der Waals surface area contributed by atoms with E-state index in [1.807, 2.05) is 0 Å². The van der Waals surface area contributed by atoms with Crippen molar-refractivity contribution in [1.29, 1.82) is 0 Å². The number of nitrogens with one attached hydrogen (secondary N) is 1. The van der Waals surface area contributed by atoms with Crippen LogP contribution in [0.4, 0.5) is 0 Å². The third kappa shape index (κ3) is 4.15. The largest absolute Gasteiger partial charge is 0.317 e. The lowest BCUT2D eigenvalue weighted by atomic mass is 9.99. The van der Waals surface area contributed by atoms with E-state index < -0.39 is 10.0 Å². The van der Waals surface area contributed by atoms with E-state index in [1.165, 1.54) is 31.9 Å². The van der Waals surface area contributed by atoms with E-state index in [0.29, 0.717) is 19.1 Å². The normalized spacial score (nSPS) is 30.8. The fraction of sp³-hybridized carbons (Fsp3) is 1.00. The zero-order valence-electron chi connectivity index (χ0n) is 12.1. The smallest absolute Gasteiger partial charge is 0.211 e. The molecule has 112 valence electrons. The van der Waals surface area contributed by atoms with Crippen LogP contribution in [0.5, 0.6) is 0 Å². The van der Waals surface area contributed by atoms with Crippen molar-refractivity contribution in [3.8, 4) is 0 Å². The average Bonchev–Trinajstić information content (AvgIpc) is 2.83. The molecule has 0 radical (unpaired) electrons. The molecule has 1 N–H and O–H groups in total. The Hall–Kier alpha value is -0.170. The Bertz CT molecular complexity index is 377. The molecule has 2 atom stereocenters. The minimum Gasteiger partial charge on any atom is -0.317 e. The van der Waals surface area contributed by atoms with Crippen molar-refractivity contribution in [3.63, 3.8) is 0 Å². The van der Waals surface area contributed by atoms with Crippen LogP contribution in [0, 0.1) is 5.92 Å². The molecule has 0 aromatic heterocycles. The van der Waals surface area contributed by atoms with Gasteiger partial charge in [0.15, 0.2) is 0 Å². The van der Waals surface area contributed by atoms with Gasteiger partial charge in [-0.05, 0) is 38.8 Å². The van der Waals surface area contributed by atoms with Gasteiger partial charge in [0, 0.05) is 32.2 Å². The first-order valence-electron chi connectivity index (χ1n) is 7.35. The summed E-state index contributed by atoms with van der Waals surface area (Å²) in [6.45, 7) is 4.17. The standard InChI is InChI=1S/C13H27N3O2S/c1-14-13-5-3-4-12(13)6-7-15-8-10-16(11-9-15)19(2,17)18/h12-14H,3-11H2,1-2H3. The average molecular weight is 289 g/mol. The molecule has 1 aliphatic carbocycles. The molecule has 2 rings (SSSR count). The summed E-state index contributed by atoms with van der Waals surface area (Å²) in [5.41, 5.74) is 0. The van der Waals surface area contributed by atoms with E-state index in [9.17, 15) is 8.42 Å². The second-order valence-corrected chi connectivity index (χ2v) is 7.86. The molecule has 0 aromatic rings. The minimum absolute atomic E-state index is 0.652. The fourth-order valence-electron chi connectivity index (χ4n) is 3.40. The Morgan fingerprint density at radius 1 is 1.16 bits per heavy atom. The summed E-state index contributed by atoms with van der Waals surface area (Å²) in [6.07, 6.45) is 6.54. The highest BCUT2D eigenvalue weighted by molar-refractivity contribution is 7.88. The highest BCUT2D eigenvalue weighted by Crippen LogP contribution is 2.28. The molecule has 2 fully saturated rings. The lowest BCUT2D eigenvalue weighted by molar-refractivity contribution is 0.175. The van der Waals surface area contributed by atoms with Gasteiger partial charge in [-0.25, -0.2) is 8.42 Å². The van der Waals surface area contributed by atoms with Gasteiger partial charge >= 0.3 is 0 Å². The zero-order chi connectivity index (χ0) is 13.9. The molecule has 1 saturated carbocycles. The van der Waals surface area contributed by atoms with E-state index in [2.05, 4.69) is 17.3 Å².